The Labute approximate surface area is 195 Å². The number of nitrogens with one attached hydrogen (secondary N) is 2. The highest BCUT2D eigenvalue weighted by atomic mass is 35.5. The zero-order valence-electron chi connectivity index (χ0n) is 17.0. The summed E-state index contributed by atoms with van der Waals surface area (Å²) in [5.41, 5.74) is 0.488. The van der Waals surface area contributed by atoms with Crippen molar-refractivity contribution >= 4 is 39.0 Å². The minimum absolute atomic E-state index is 0.0309. The first kappa shape index (κ1) is 22.3. The highest BCUT2D eigenvalue weighted by Gasteiger charge is 2.16. The zero-order valence-corrected chi connectivity index (χ0v) is 18.5. The van der Waals surface area contributed by atoms with Gasteiger partial charge in [-0.25, -0.2) is 13.4 Å². The number of benzene rings is 3. The van der Waals surface area contributed by atoms with Crippen molar-refractivity contribution in [3.8, 4) is 11.5 Å². The number of rotatable bonds is 7. The summed E-state index contributed by atoms with van der Waals surface area (Å²) in [6.45, 7) is 0. The Hall–Kier alpha value is -3.95. The van der Waals surface area contributed by atoms with Gasteiger partial charge in [-0.15, -0.1) is 0 Å². The van der Waals surface area contributed by atoms with Gasteiger partial charge in [0, 0.05) is 23.6 Å². The number of sulfonamides is 1. The second kappa shape index (κ2) is 9.68. The molecule has 0 aliphatic heterocycles. The molecule has 0 saturated carbocycles. The average molecular weight is 481 g/mol. The predicted molar refractivity (Wildman–Crippen MR) is 125 cm³/mol. The van der Waals surface area contributed by atoms with E-state index in [-0.39, 0.29) is 22.0 Å². The normalized spacial score (nSPS) is 10.9. The number of aromatic nitrogens is 2. The van der Waals surface area contributed by atoms with Crippen LogP contribution < -0.4 is 14.8 Å². The average Bonchev–Trinajstić information content (AvgIpc) is 2.81. The van der Waals surface area contributed by atoms with E-state index in [0.717, 1.165) is 0 Å². The van der Waals surface area contributed by atoms with Crippen LogP contribution in [0.5, 0.6) is 11.5 Å². The van der Waals surface area contributed by atoms with Crippen molar-refractivity contribution in [3.05, 3.63) is 102 Å². The summed E-state index contributed by atoms with van der Waals surface area (Å²) in [5, 5.41) is 3.04. The molecule has 4 rings (SSSR count). The third-order valence-corrected chi connectivity index (χ3v) is 6.09. The molecule has 0 unspecified atom stereocenters. The molecule has 4 aromatic rings. The highest BCUT2D eigenvalue weighted by Crippen LogP contribution is 2.29. The van der Waals surface area contributed by atoms with Gasteiger partial charge in [-0.2, -0.15) is 0 Å². The Morgan fingerprint density at radius 2 is 1.73 bits per heavy atom. The molecule has 0 spiro atoms. The number of hydrogen-bond donors (Lipinski definition) is 2. The van der Waals surface area contributed by atoms with Crippen LogP contribution in [0.2, 0.25) is 5.02 Å². The number of nitrogens with zero attached hydrogens (tertiary/aromatic N) is 2. The van der Waals surface area contributed by atoms with Crippen LogP contribution in [-0.4, -0.2) is 24.3 Å². The van der Waals surface area contributed by atoms with E-state index in [0.29, 0.717) is 16.5 Å². The van der Waals surface area contributed by atoms with Crippen LogP contribution in [0.15, 0.2) is 96.3 Å². The molecule has 2 N–H and O–H groups in total. The molecule has 0 bridgehead atoms. The summed E-state index contributed by atoms with van der Waals surface area (Å²) < 4.78 is 33.8. The topological polar surface area (TPSA) is 110 Å². The maximum atomic E-state index is 12.8. The van der Waals surface area contributed by atoms with Crippen molar-refractivity contribution in [1.29, 1.82) is 0 Å². The van der Waals surface area contributed by atoms with Gasteiger partial charge in [0.2, 0.25) is 0 Å². The van der Waals surface area contributed by atoms with Crippen LogP contribution >= 0.6 is 11.6 Å². The molecular weight excluding hydrogens is 464 g/mol. The molecule has 1 aromatic heterocycles. The second-order valence-electron chi connectivity index (χ2n) is 6.73. The summed E-state index contributed by atoms with van der Waals surface area (Å²) >= 11 is 6.08. The quantitative estimate of drug-likeness (QED) is 0.386. The number of ether oxygens (including phenoxy) is 1. The number of carbonyl (C=O) groups excluding carboxylic acids is 1. The summed E-state index contributed by atoms with van der Waals surface area (Å²) in [7, 11) is -3.90. The number of carbonyl (C=O) groups is 1. The number of amides is 1. The van der Waals surface area contributed by atoms with Crippen molar-refractivity contribution in [3.63, 3.8) is 0 Å². The fraction of sp³-hybridized carbons (Fsp3) is 0. The van der Waals surface area contributed by atoms with Crippen molar-refractivity contribution in [2.45, 2.75) is 4.90 Å². The predicted octanol–water partition coefficient (Wildman–Crippen LogP) is 4.98. The number of halogens is 1. The lowest BCUT2D eigenvalue weighted by molar-refractivity contribution is 0.102. The maximum Gasteiger partial charge on any atom is 0.261 e. The van der Waals surface area contributed by atoms with Gasteiger partial charge in [0.1, 0.15) is 11.5 Å². The first-order chi connectivity index (χ1) is 15.9. The van der Waals surface area contributed by atoms with Gasteiger partial charge >= 0.3 is 0 Å². The Kier molecular flexibility index (Phi) is 6.53. The summed E-state index contributed by atoms with van der Waals surface area (Å²) in [6, 6.07) is 19.0. The summed E-state index contributed by atoms with van der Waals surface area (Å²) in [4.78, 5) is 20.3. The molecule has 10 heteroatoms. The standard InChI is InChI=1S/C23H17ClN4O4S/c24-20-6-1-2-7-21(20)32-18-8-10-19(11-9-18)33(30,31)28-17-5-3-4-16(14-17)23(29)27-22-15-25-12-13-26-22/h1-15,28H,(H,26,27,29). The first-order valence-electron chi connectivity index (χ1n) is 9.63. The Bertz CT molecular complexity index is 1380. The molecule has 0 saturated heterocycles. The molecule has 1 heterocycles. The number of anilines is 2. The van der Waals surface area contributed by atoms with Gasteiger partial charge < -0.3 is 10.1 Å². The third kappa shape index (κ3) is 5.65. The molecule has 33 heavy (non-hydrogen) atoms. The second-order valence-corrected chi connectivity index (χ2v) is 8.82. The van der Waals surface area contributed by atoms with Crippen LogP contribution in [-0.2, 0) is 10.0 Å². The molecule has 0 aliphatic carbocycles. The van der Waals surface area contributed by atoms with Crippen LogP contribution in [0.4, 0.5) is 11.5 Å². The Morgan fingerprint density at radius 3 is 2.45 bits per heavy atom. The smallest absolute Gasteiger partial charge is 0.261 e. The Balaban J connectivity index is 1.46. The third-order valence-electron chi connectivity index (χ3n) is 4.38. The molecule has 166 valence electrons. The number of hydrogen-bond acceptors (Lipinski definition) is 6. The van der Waals surface area contributed by atoms with E-state index in [2.05, 4.69) is 20.0 Å². The lowest BCUT2D eigenvalue weighted by Gasteiger charge is -2.11. The first-order valence-corrected chi connectivity index (χ1v) is 11.5. The van der Waals surface area contributed by atoms with E-state index in [1.807, 2.05) is 0 Å². The molecule has 0 fully saturated rings. The lowest BCUT2D eigenvalue weighted by atomic mass is 10.2. The molecular formula is C23H17ClN4O4S. The van der Waals surface area contributed by atoms with E-state index in [4.69, 9.17) is 16.3 Å². The van der Waals surface area contributed by atoms with Crippen LogP contribution in [0.25, 0.3) is 0 Å². The molecule has 0 radical (unpaired) electrons. The van der Waals surface area contributed by atoms with Crippen molar-refractivity contribution < 1.29 is 17.9 Å². The summed E-state index contributed by atoms with van der Waals surface area (Å²) in [6.07, 6.45) is 4.34. The minimum atomic E-state index is -3.90. The SMILES string of the molecule is O=C(Nc1cnccn1)c1cccc(NS(=O)(=O)c2ccc(Oc3ccccc3Cl)cc2)c1. The van der Waals surface area contributed by atoms with Crippen molar-refractivity contribution in [2.75, 3.05) is 10.0 Å². The van der Waals surface area contributed by atoms with E-state index in [9.17, 15) is 13.2 Å². The van der Waals surface area contributed by atoms with Gasteiger partial charge in [-0.3, -0.25) is 14.5 Å². The summed E-state index contributed by atoms with van der Waals surface area (Å²) in [5.74, 6) is 0.736. The highest BCUT2D eigenvalue weighted by molar-refractivity contribution is 7.92. The number of para-hydroxylation sites is 1. The zero-order chi connectivity index (χ0) is 23.3. The van der Waals surface area contributed by atoms with E-state index in [1.54, 1.807) is 42.5 Å². The van der Waals surface area contributed by atoms with Crippen LogP contribution in [0, 0.1) is 0 Å². The van der Waals surface area contributed by atoms with Gasteiger partial charge in [0.05, 0.1) is 16.1 Å². The van der Waals surface area contributed by atoms with Gasteiger partial charge in [-0.1, -0.05) is 29.8 Å². The fourth-order valence-corrected chi connectivity index (χ4v) is 4.06. The van der Waals surface area contributed by atoms with Crippen molar-refractivity contribution in [2.24, 2.45) is 0 Å². The van der Waals surface area contributed by atoms with E-state index < -0.39 is 15.9 Å². The van der Waals surface area contributed by atoms with E-state index in [1.165, 1.54) is 48.9 Å². The van der Waals surface area contributed by atoms with Crippen molar-refractivity contribution in [1.82, 2.24) is 9.97 Å². The molecule has 0 aliphatic rings. The minimum Gasteiger partial charge on any atom is -0.456 e. The molecule has 3 aromatic carbocycles. The van der Waals surface area contributed by atoms with Crippen LogP contribution in [0.1, 0.15) is 10.4 Å². The largest absolute Gasteiger partial charge is 0.456 e. The van der Waals surface area contributed by atoms with E-state index >= 15 is 0 Å². The van der Waals surface area contributed by atoms with Gasteiger partial charge in [0.15, 0.2) is 5.82 Å². The molecule has 0 atom stereocenters. The van der Waals surface area contributed by atoms with Crippen LogP contribution in [0.3, 0.4) is 0 Å². The maximum absolute atomic E-state index is 12.8. The fourth-order valence-electron chi connectivity index (χ4n) is 2.83. The lowest BCUT2D eigenvalue weighted by Crippen LogP contribution is -2.15. The monoisotopic (exact) mass is 480 g/mol. The Morgan fingerprint density at radius 1 is 0.939 bits per heavy atom. The molecule has 8 nitrogen and oxygen atoms in total. The van der Waals surface area contributed by atoms with Gasteiger partial charge in [0.25, 0.3) is 15.9 Å². The molecule has 1 amide bonds. The van der Waals surface area contributed by atoms with Gasteiger partial charge in [-0.05, 0) is 54.6 Å².